The first kappa shape index (κ1) is 25.7. The molecule has 0 fully saturated rings. The van der Waals surface area contributed by atoms with E-state index in [0.717, 1.165) is 5.56 Å². The number of hydrogen-bond donors (Lipinski definition) is 2. The van der Waals surface area contributed by atoms with Gasteiger partial charge in [-0.3, -0.25) is 9.52 Å². The van der Waals surface area contributed by atoms with Crippen LogP contribution in [0.25, 0.3) is 0 Å². The van der Waals surface area contributed by atoms with E-state index in [1.165, 1.54) is 18.2 Å². The summed E-state index contributed by atoms with van der Waals surface area (Å²) < 4.78 is 38.7. The number of amides is 1. The fraction of sp³-hybridized carbons (Fsp3) is 0.208. The molecule has 0 aliphatic carbocycles. The number of benzene rings is 3. The van der Waals surface area contributed by atoms with Gasteiger partial charge >= 0.3 is 0 Å². The number of carbonyl (C=O) groups is 1. The fourth-order valence-electron chi connectivity index (χ4n) is 3.03. The molecule has 0 radical (unpaired) electrons. The molecule has 0 aliphatic heterocycles. The summed E-state index contributed by atoms with van der Waals surface area (Å²) in [6.07, 6.45) is 0. The first-order valence-electron chi connectivity index (χ1n) is 10.4. The van der Waals surface area contributed by atoms with E-state index in [-0.39, 0.29) is 34.2 Å². The maximum absolute atomic E-state index is 12.7. The summed E-state index contributed by atoms with van der Waals surface area (Å²) >= 11 is 12.1. The number of hydrogen-bond acceptors (Lipinski definition) is 5. The number of anilines is 1. The van der Waals surface area contributed by atoms with E-state index in [1.807, 2.05) is 26.0 Å². The Morgan fingerprint density at radius 1 is 0.971 bits per heavy atom. The van der Waals surface area contributed by atoms with E-state index in [0.29, 0.717) is 23.1 Å². The van der Waals surface area contributed by atoms with Gasteiger partial charge in [-0.2, -0.15) is 0 Å². The zero-order valence-corrected chi connectivity index (χ0v) is 20.9. The third-order valence-electron chi connectivity index (χ3n) is 4.74. The molecule has 0 heterocycles. The summed E-state index contributed by atoms with van der Waals surface area (Å²) in [5.41, 5.74) is 1.27. The average Bonchev–Trinajstić information content (AvgIpc) is 2.80. The SMILES string of the molecule is CCOc1ccc(NS(=O)(=O)c2ccc(OCC(=O)N[C@@H](C)c3ccc(Cl)cc3)c(Cl)c2)cc1. The summed E-state index contributed by atoms with van der Waals surface area (Å²) in [7, 11) is -3.88. The molecule has 180 valence electrons. The smallest absolute Gasteiger partial charge is 0.261 e. The lowest BCUT2D eigenvalue weighted by Crippen LogP contribution is -2.31. The predicted octanol–water partition coefficient (Wildman–Crippen LogP) is 5.45. The lowest BCUT2D eigenvalue weighted by Gasteiger charge is -2.15. The van der Waals surface area contributed by atoms with Crippen LogP contribution < -0.4 is 19.5 Å². The Kier molecular flexibility index (Phi) is 8.66. The Bertz CT molecular complexity index is 1230. The Balaban J connectivity index is 1.59. The molecule has 0 saturated heterocycles. The van der Waals surface area contributed by atoms with Gasteiger partial charge in [0.25, 0.3) is 15.9 Å². The molecule has 34 heavy (non-hydrogen) atoms. The minimum absolute atomic E-state index is 0.0421. The quantitative estimate of drug-likeness (QED) is 0.369. The van der Waals surface area contributed by atoms with Gasteiger partial charge in [-0.15, -0.1) is 0 Å². The molecular formula is C24H24Cl2N2O5S. The Morgan fingerprint density at radius 2 is 1.65 bits per heavy atom. The number of carbonyl (C=O) groups excluding carboxylic acids is 1. The zero-order valence-electron chi connectivity index (χ0n) is 18.5. The Morgan fingerprint density at radius 3 is 2.26 bits per heavy atom. The maximum atomic E-state index is 12.7. The van der Waals surface area contributed by atoms with Gasteiger partial charge < -0.3 is 14.8 Å². The Hall–Kier alpha value is -2.94. The van der Waals surface area contributed by atoms with Crippen LogP contribution in [-0.4, -0.2) is 27.5 Å². The number of sulfonamides is 1. The van der Waals surface area contributed by atoms with Crippen molar-refractivity contribution in [2.24, 2.45) is 0 Å². The third kappa shape index (κ3) is 7.03. The summed E-state index contributed by atoms with van der Waals surface area (Å²) in [6, 6.07) is 17.5. The second kappa shape index (κ2) is 11.5. The molecule has 1 amide bonds. The van der Waals surface area contributed by atoms with Gasteiger partial charge in [-0.05, 0) is 74.0 Å². The van der Waals surface area contributed by atoms with Crippen molar-refractivity contribution in [3.63, 3.8) is 0 Å². The molecule has 0 unspecified atom stereocenters. The van der Waals surface area contributed by atoms with E-state index in [4.69, 9.17) is 32.7 Å². The molecule has 10 heteroatoms. The van der Waals surface area contributed by atoms with Crippen molar-refractivity contribution in [2.45, 2.75) is 24.8 Å². The van der Waals surface area contributed by atoms with Crippen molar-refractivity contribution in [2.75, 3.05) is 17.9 Å². The second-order valence-corrected chi connectivity index (χ2v) is 9.81. The summed E-state index contributed by atoms with van der Waals surface area (Å²) in [4.78, 5) is 12.2. The van der Waals surface area contributed by atoms with E-state index in [9.17, 15) is 13.2 Å². The normalized spacial score (nSPS) is 12.0. The highest BCUT2D eigenvalue weighted by atomic mass is 35.5. The minimum atomic E-state index is -3.88. The van der Waals surface area contributed by atoms with Gasteiger partial charge in [-0.25, -0.2) is 8.42 Å². The molecule has 0 spiro atoms. The van der Waals surface area contributed by atoms with E-state index in [2.05, 4.69) is 10.0 Å². The van der Waals surface area contributed by atoms with Crippen LogP contribution in [-0.2, 0) is 14.8 Å². The second-order valence-electron chi connectivity index (χ2n) is 7.28. The highest BCUT2D eigenvalue weighted by Gasteiger charge is 2.17. The first-order chi connectivity index (χ1) is 16.2. The molecule has 3 aromatic carbocycles. The van der Waals surface area contributed by atoms with E-state index >= 15 is 0 Å². The molecule has 0 bridgehead atoms. The molecule has 3 aromatic rings. The molecule has 0 saturated carbocycles. The monoisotopic (exact) mass is 522 g/mol. The number of rotatable bonds is 10. The molecule has 1 atom stereocenters. The van der Waals surface area contributed by atoms with Crippen molar-refractivity contribution in [3.05, 3.63) is 82.3 Å². The molecule has 3 rings (SSSR count). The maximum Gasteiger partial charge on any atom is 0.261 e. The third-order valence-corrected chi connectivity index (χ3v) is 6.66. The molecule has 7 nitrogen and oxygen atoms in total. The molecule has 0 aromatic heterocycles. The molecule has 0 aliphatic rings. The van der Waals surface area contributed by atoms with Crippen LogP contribution in [0.1, 0.15) is 25.5 Å². The van der Waals surface area contributed by atoms with Crippen molar-refractivity contribution >= 4 is 44.8 Å². The predicted molar refractivity (Wildman–Crippen MR) is 133 cm³/mol. The van der Waals surface area contributed by atoms with Crippen molar-refractivity contribution in [1.82, 2.24) is 5.32 Å². The van der Waals surface area contributed by atoms with Gasteiger partial charge in [-0.1, -0.05) is 35.3 Å². The minimum Gasteiger partial charge on any atom is -0.494 e. The van der Waals surface area contributed by atoms with Gasteiger partial charge in [0.05, 0.1) is 22.6 Å². The highest BCUT2D eigenvalue weighted by molar-refractivity contribution is 7.92. The van der Waals surface area contributed by atoms with Crippen molar-refractivity contribution in [3.8, 4) is 11.5 Å². The molecular weight excluding hydrogens is 499 g/mol. The zero-order chi connectivity index (χ0) is 24.7. The van der Waals surface area contributed by atoms with Crippen molar-refractivity contribution in [1.29, 1.82) is 0 Å². The number of halogens is 2. The topological polar surface area (TPSA) is 93.7 Å². The highest BCUT2D eigenvalue weighted by Crippen LogP contribution is 2.28. The lowest BCUT2D eigenvalue weighted by atomic mass is 10.1. The number of nitrogens with one attached hydrogen (secondary N) is 2. The van der Waals surface area contributed by atoms with Crippen LogP contribution in [0.2, 0.25) is 10.0 Å². The first-order valence-corrected chi connectivity index (χ1v) is 12.6. The van der Waals surface area contributed by atoms with Crippen LogP contribution in [0, 0.1) is 0 Å². The largest absolute Gasteiger partial charge is 0.494 e. The Labute approximate surface area is 209 Å². The lowest BCUT2D eigenvalue weighted by molar-refractivity contribution is -0.123. The molecule has 2 N–H and O–H groups in total. The van der Waals surface area contributed by atoms with Crippen LogP contribution in [0.4, 0.5) is 5.69 Å². The van der Waals surface area contributed by atoms with Crippen LogP contribution in [0.3, 0.4) is 0 Å². The summed E-state index contributed by atoms with van der Waals surface area (Å²) in [5.74, 6) is 0.477. The van der Waals surface area contributed by atoms with Crippen LogP contribution >= 0.6 is 23.2 Å². The average molecular weight is 523 g/mol. The summed E-state index contributed by atoms with van der Waals surface area (Å²) in [5, 5.41) is 3.49. The fourth-order valence-corrected chi connectivity index (χ4v) is 4.54. The van der Waals surface area contributed by atoms with E-state index < -0.39 is 10.0 Å². The van der Waals surface area contributed by atoms with Gasteiger partial charge in [0.1, 0.15) is 11.5 Å². The van der Waals surface area contributed by atoms with Crippen molar-refractivity contribution < 1.29 is 22.7 Å². The van der Waals surface area contributed by atoms with Gasteiger partial charge in [0, 0.05) is 10.7 Å². The van der Waals surface area contributed by atoms with Crippen LogP contribution in [0.15, 0.2) is 71.6 Å². The van der Waals surface area contributed by atoms with E-state index in [1.54, 1.807) is 36.4 Å². The summed E-state index contributed by atoms with van der Waals surface area (Å²) in [6.45, 7) is 3.93. The number of ether oxygens (including phenoxy) is 2. The van der Waals surface area contributed by atoms with Crippen LogP contribution in [0.5, 0.6) is 11.5 Å². The standard InChI is InChI=1S/C24H24Cl2N2O5S/c1-3-32-20-10-8-19(9-11-20)28-34(30,31)21-12-13-23(22(26)14-21)33-15-24(29)27-16(2)17-4-6-18(25)7-5-17/h4-14,16,28H,3,15H2,1-2H3,(H,27,29)/t16-/m0/s1. The van der Waals surface area contributed by atoms with Gasteiger partial charge in [0.2, 0.25) is 0 Å². The van der Waals surface area contributed by atoms with Gasteiger partial charge in [0.15, 0.2) is 6.61 Å².